The molecule has 2 rings (SSSR count). The second-order valence-corrected chi connectivity index (χ2v) is 13.9. The van der Waals surface area contributed by atoms with Crippen LogP contribution in [-0.4, -0.2) is 52.7 Å². The van der Waals surface area contributed by atoms with E-state index in [1.54, 1.807) is 32.1 Å². The van der Waals surface area contributed by atoms with Crippen molar-refractivity contribution in [2.45, 2.75) is 125 Å². The number of aliphatic hydroxyl groups excluding tert-OH is 1. The zero-order chi connectivity index (χ0) is 32.9. The van der Waals surface area contributed by atoms with Crippen LogP contribution in [0.1, 0.15) is 110 Å². The van der Waals surface area contributed by atoms with E-state index in [0.29, 0.717) is 19.4 Å². The van der Waals surface area contributed by atoms with E-state index in [0.717, 1.165) is 54.0 Å². The number of hydrogen-bond donors (Lipinski definition) is 2. The average molecular weight is 631 g/mol. The lowest BCUT2D eigenvalue weighted by Crippen LogP contribution is -2.46. The normalized spacial score (nSPS) is 27.7. The van der Waals surface area contributed by atoms with Gasteiger partial charge in [-0.1, -0.05) is 70.8 Å². The summed E-state index contributed by atoms with van der Waals surface area (Å²) < 4.78 is 11.8. The van der Waals surface area contributed by atoms with Crippen LogP contribution in [-0.2, 0) is 23.9 Å². The van der Waals surface area contributed by atoms with Crippen molar-refractivity contribution in [1.82, 2.24) is 4.98 Å². The van der Waals surface area contributed by atoms with Crippen LogP contribution in [0.4, 0.5) is 0 Å². The molecule has 0 spiro atoms. The van der Waals surface area contributed by atoms with Crippen LogP contribution in [0.5, 0.6) is 0 Å². The molecule has 1 aliphatic rings. The van der Waals surface area contributed by atoms with Gasteiger partial charge < -0.3 is 20.3 Å². The van der Waals surface area contributed by atoms with Gasteiger partial charge in [0.15, 0.2) is 0 Å². The van der Waals surface area contributed by atoms with Crippen LogP contribution in [0.2, 0.25) is 0 Å². The molecule has 0 saturated carbocycles. The van der Waals surface area contributed by atoms with E-state index in [2.05, 4.69) is 11.1 Å². The van der Waals surface area contributed by atoms with Gasteiger partial charge >= 0.3 is 11.9 Å². The monoisotopic (exact) mass is 630 g/mol. The van der Waals surface area contributed by atoms with Gasteiger partial charge in [-0.05, 0) is 58.2 Å². The number of hydrogen-bond acceptors (Lipinski definition) is 9. The second kappa shape index (κ2) is 18.4. The number of nitrogens with zero attached hydrogens (tertiary/aromatic N) is 1. The Hall–Kier alpha value is -2.62. The topological polar surface area (TPSA) is 129 Å². The number of thiazole rings is 1. The summed E-state index contributed by atoms with van der Waals surface area (Å²) in [4.78, 5) is 44.3. The van der Waals surface area contributed by atoms with Crippen LogP contribution in [0, 0.1) is 24.2 Å². The zero-order valence-corrected chi connectivity index (χ0v) is 28.6. The molecule has 1 aromatic rings. The number of carbonyl (C=O) groups excluding carboxylic acids is 3. The number of Topliss-reactive ketones (excluding diaryl/α,β-unsaturated/α-hetero) is 1. The predicted octanol–water partition coefficient (Wildman–Crippen LogP) is 6.89. The smallest absolute Gasteiger partial charge is 0.309 e. The summed E-state index contributed by atoms with van der Waals surface area (Å²) in [6.07, 6.45) is 11.2. The molecule has 0 aliphatic carbocycles. The van der Waals surface area contributed by atoms with Crippen molar-refractivity contribution < 1.29 is 29.0 Å². The van der Waals surface area contributed by atoms with Crippen molar-refractivity contribution in [2.24, 2.45) is 23.0 Å². The average Bonchev–Trinajstić information content (AvgIpc) is 3.38. The maximum atomic E-state index is 13.8. The highest BCUT2D eigenvalue weighted by molar-refractivity contribution is 7.09. The Bertz CT molecular complexity index is 1180. The highest BCUT2D eigenvalue weighted by Gasteiger charge is 2.43. The van der Waals surface area contributed by atoms with Crippen LogP contribution in [0.15, 0.2) is 34.8 Å². The summed E-state index contributed by atoms with van der Waals surface area (Å²) >= 11 is 1.55. The molecule has 9 heteroatoms. The fraction of sp³-hybridized carbons (Fsp3) is 0.657. The number of aromatic nitrogens is 1. The number of ketones is 1. The molecule has 0 aromatic carbocycles. The standard InChI is InChI=1S/C35H54N2O6S/c1-23-14-13-15-24(2)33(43-31(39)16-11-9-8-10-12-19-36)26(4)34(41)35(6,7)30(38)21-32(40)42-29(18-17-23)25(3)20-28-22-44-27(5)37-28/h13,15,17,20,22,24,26,29-30,33,38H,8-12,14,16,18-19,21,36H2,1-7H3/b15-13-,23-17-,25-20+/t24-,26+,29-,30-,33?/m0/s1. The molecule has 0 saturated heterocycles. The summed E-state index contributed by atoms with van der Waals surface area (Å²) in [6, 6.07) is 0. The number of allylic oxidation sites excluding steroid dienone is 2. The molecule has 5 atom stereocenters. The van der Waals surface area contributed by atoms with Crippen molar-refractivity contribution >= 4 is 35.1 Å². The molecule has 1 unspecified atom stereocenters. The van der Waals surface area contributed by atoms with E-state index >= 15 is 0 Å². The summed E-state index contributed by atoms with van der Waals surface area (Å²) in [7, 11) is 0. The fourth-order valence-corrected chi connectivity index (χ4v) is 5.98. The van der Waals surface area contributed by atoms with Crippen molar-refractivity contribution in [3.8, 4) is 0 Å². The minimum atomic E-state index is -1.28. The van der Waals surface area contributed by atoms with Gasteiger partial charge in [-0.25, -0.2) is 4.98 Å². The quantitative estimate of drug-likeness (QED) is 0.162. The first-order valence-electron chi connectivity index (χ1n) is 16.0. The minimum Gasteiger partial charge on any atom is -0.461 e. The first kappa shape index (κ1) is 37.6. The van der Waals surface area contributed by atoms with Gasteiger partial charge in [0.1, 0.15) is 18.0 Å². The van der Waals surface area contributed by atoms with Crippen LogP contribution in [0.3, 0.4) is 0 Å². The molecule has 0 radical (unpaired) electrons. The van der Waals surface area contributed by atoms with E-state index in [1.165, 1.54) is 0 Å². The molecule has 0 fully saturated rings. The Balaban J connectivity index is 2.30. The fourth-order valence-electron chi connectivity index (χ4n) is 5.41. The predicted molar refractivity (Wildman–Crippen MR) is 177 cm³/mol. The van der Waals surface area contributed by atoms with Gasteiger partial charge in [-0.15, -0.1) is 11.3 Å². The summed E-state index contributed by atoms with van der Waals surface area (Å²) in [5.41, 5.74) is 7.02. The number of aryl methyl sites for hydroxylation is 1. The van der Waals surface area contributed by atoms with Gasteiger partial charge in [0.05, 0.1) is 34.6 Å². The lowest BCUT2D eigenvalue weighted by Gasteiger charge is -2.35. The summed E-state index contributed by atoms with van der Waals surface area (Å²) in [5.74, 6) is -2.12. The maximum Gasteiger partial charge on any atom is 0.309 e. The Labute approximate surface area is 268 Å². The number of rotatable bonds is 10. The largest absolute Gasteiger partial charge is 0.461 e. The van der Waals surface area contributed by atoms with Gasteiger partial charge in [0.2, 0.25) is 0 Å². The Kier molecular flexibility index (Phi) is 15.7. The number of nitrogens with two attached hydrogens (primary N) is 1. The van der Waals surface area contributed by atoms with E-state index < -0.39 is 35.6 Å². The number of esters is 2. The third-order valence-electron chi connectivity index (χ3n) is 8.46. The Morgan fingerprint density at radius 1 is 1.18 bits per heavy atom. The molecule has 0 amide bonds. The number of ether oxygens (including phenoxy) is 2. The lowest BCUT2D eigenvalue weighted by molar-refractivity contribution is -0.159. The van der Waals surface area contributed by atoms with Crippen molar-refractivity contribution in [3.05, 3.63) is 45.5 Å². The summed E-state index contributed by atoms with van der Waals surface area (Å²) in [5, 5.41) is 14.1. The SMILES string of the molecule is C/C1=C/C[C@@H](/C(C)=C/c2csc(C)n2)OC(=O)C[C@H](O)C(C)(C)C(=O)[C@H](C)C(OC(=O)CCCCCCCN)[C@@H](C)/C=C\C1. The van der Waals surface area contributed by atoms with Crippen molar-refractivity contribution in [2.75, 3.05) is 6.54 Å². The number of cyclic esters (lactones) is 1. The molecule has 44 heavy (non-hydrogen) atoms. The third-order valence-corrected chi connectivity index (χ3v) is 9.25. The molecule has 1 aromatic heterocycles. The first-order chi connectivity index (χ1) is 20.8. The summed E-state index contributed by atoms with van der Waals surface area (Å²) in [6.45, 7) is 13.5. The number of carbonyl (C=O) groups is 3. The molecule has 246 valence electrons. The molecule has 8 nitrogen and oxygen atoms in total. The van der Waals surface area contributed by atoms with Crippen LogP contribution < -0.4 is 5.73 Å². The first-order valence-corrected chi connectivity index (χ1v) is 16.9. The second-order valence-electron chi connectivity index (χ2n) is 12.8. The van der Waals surface area contributed by atoms with Gasteiger partial charge in [0, 0.05) is 24.1 Å². The lowest BCUT2D eigenvalue weighted by atomic mass is 9.73. The maximum absolute atomic E-state index is 13.8. The van der Waals surface area contributed by atoms with Gasteiger partial charge in [0.25, 0.3) is 0 Å². The third kappa shape index (κ3) is 12.1. The Morgan fingerprint density at radius 2 is 1.86 bits per heavy atom. The van der Waals surface area contributed by atoms with Gasteiger partial charge in [-0.2, -0.15) is 0 Å². The van der Waals surface area contributed by atoms with Crippen LogP contribution in [0.25, 0.3) is 6.08 Å². The molecule has 1 aliphatic heterocycles. The van der Waals surface area contributed by atoms with Crippen LogP contribution >= 0.6 is 11.3 Å². The van der Waals surface area contributed by atoms with E-state index in [-0.39, 0.29) is 30.5 Å². The highest BCUT2D eigenvalue weighted by Crippen LogP contribution is 2.33. The van der Waals surface area contributed by atoms with E-state index in [4.69, 9.17) is 15.2 Å². The minimum absolute atomic E-state index is 0.236. The molecule has 3 N–H and O–H groups in total. The Morgan fingerprint density at radius 3 is 2.52 bits per heavy atom. The zero-order valence-electron chi connectivity index (χ0n) is 27.8. The molecule has 2 heterocycles. The van der Waals surface area contributed by atoms with Crippen molar-refractivity contribution in [1.29, 1.82) is 0 Å². The molecular formula is C35H54N2O6S. The number of unbranched alkanes of at least 4 members (excludes halogenated alkanes) is 4. The molecular weight excluding hydrogens is 576 g/mol. The van der Waals surface area contributed by atoms with Gasteiger partial charge in [-0.3, -0.25) is 14.4 Å². The van der Waals surface area contributed by atoms with Crippen molar-refractivity contribution in [3.63, 3.8) is 0 Å². The van der Waals surface area contributed by atoms with E-state index in [1.807, 2.05) is 51.3 Å². The molecule has 0 bridgehead atoms. The number of aliphatic hydroxyl groups is 1. The highest BCUT2D eigenvalue weighted by atomic mass is 32.1. The van der Waals surface area contributed by atoms with E-state index in [9.17, 15) is 19.5 Å².